The van der Waals surface area contributed by atoms with Crippen LogP contribution in [-0.2, 0) is 4.79 Å². The summed E-state index contributed by atoms with van der Waals surface area (Å²) in [6, 6.07) is 2.25. The Morgan fingerprint density at radius 2 is 2.33 bits per heavy atom. The first kappa shape index (κ1) is 13.2. The fourth-order valence-electron chi connectivity index (χ4n) is 2.35. The Morgan fingerprint density at radius 1 is 1.57 bits per heavy atom. The molecular weight excluding hydrogens is 280 g/mol. The van der Waals surface area contributed by atoms with Gasteiger partial charge in [0.15, 0.2) is 5.84 Å². The van der Waals surface area contributed by atoms with E-state index in [2.05, 4.69) is 10.5 Å². The average molecular weight is 292 g/mol. The average Bonchev–Trinajstić information content (AvgIpc) is 2.48. The first-order chi connectivity index (χ1) is 10.0. The van der Waals surface area contributed by atoms with Crippen molar-refractivity contribution in [1.29, 1.82) is 0 Å². The van der Waals surface area contributed by atoms with E-state index in [9.17, 15) is 14.9 Å². The van der Waals surface area contributed by atoms with Gasteiger partial charge >= 0.3 is 5.69 Å². The number of ether oxygens (including phenoxy) is 2. The lowest BCUT2D eigenvalue weighted by Crippen LogP contribution is -2.55. The summed E-state index contributed by atoms with van der Waals surface area (Å²) in [4.78, 5) is 24.0. The van der Waals surface area contributed by atoms with E-state index in [-0.39, 0.29) is 24.0 Å². The number of nitrogens with zero attached hydrogens (tertiary/aromatic N) is 3. The number of rotatable bonds is 2. The number of carbonyl (C=O) groups excluding carboxylic acids is 1. The predicted octanol–water partition coefficient (Wildman–Crippen LogP) is 0.634. The van der Waals surface area contributed by atoms with Crippen molar-refractivity contribution in [2.45, 2.75) is 13.0 Å². The van der Waals surface area contributed by atoms with E-state index in [0.717, 1.165) is 0 Å². The Labute approximate surface area is 119 Å². The SMILES string of the molecule is COc1cc2c(cc1[N+](=O)[O-])N1C(=NNC(=O)C1C)CO2. The molecule has 9 heteroatoms. The number of amides is 1. The van der Waals surface area contributed by atoms with Crippen molar-refractivity contribution in [1.82, 2.24) is 5.43 Å². The summed E-state index contributed by atoms with van der Waals surface area (Å²) in [6.07, 6.45) is 0. The molecule has 2 aliphatic heterocycles. The van der Waals surface area contributed by atoms with Gasteiger partial charge in [-0.15, -0.1) is 0 Å². The smallest absolute Gasteiger partial charge is 0.313 e. The molecule has 0 saturated carbocycles. The van der Waals surface area contributed by atoms with Crippen molar-refractivity contribution in [2.24, 2.45) is 5.10 Å². The topological polar surface area (TPSA) is 106 Å². The highest BCUT2D eigenvalue weighted by Crippen LogP contribution is 2.42. The molecule has 9 nitrogen and oxygen atoms in total. The Bertz CT molecular complexity index is 672. The maximum absolute atomic E-state index is 11.7. The van der Waals surface area contributed by atoms with E-state index in [4.69, 9.17) is 9.47 Å². The van der Waals surface area contributed by atoms with Gasteiger partial charge in [0.25, 0.3) is 5.91 Å². The third-order valence-corrected chi connectivity index (χ3v) is 3.41. The van der Waals surface area contributed by atoms with Gasteiger partial charge in [-0.25, -0.2) is 5.43 Å². The minimum Gasteiger partial charge on any atom is -0.490 e. The molecule has 0 spiro atoms. The molecule has 0 bridgehead atoms. The fourth-order valence-corrected chi connectivity index (χ4v) is 2.35. The van der Waals surface area contributed by atoms with Gasteiger partial charge in [0, 0.05) is 12.1 Å². The van der Waals surface area contributed by atoms with Crippen LogP contribution in [0, 0.1) is 10.1 Å². The molecule has 1 amide bonds. The van der Waals surface area contributed by atoms with Crippen LogP contribution in [0.2, 0.25) is 0 Å². The number of hydrogen-bond acceptors (Lipinski definition) is 7. The number of benzene rings is 1. The number of nitrogens with one attached hydrogen (secondary N) is 1. The minimum atomic E-state index is -0.542. The molecule has 2 heterocycles. The van der Waals surface area contributed by atoms with Crippen LogP contribution in [0.15, 0.2) is 17.2 Å². The Kier molecular flexibility index (Phi) is 2.89. The van der Waals surface area contributed by atoms with Crippen LogP contribution < -0.4 is 19.8 Å². The molecular formula is C12H12N4O5. The van der Waals surface area contributed by atoms with Gasteiger partial charge in [0.2, 0.25) is 5.75 Å². The summed E-state index contributed by atoms with van der Waals surface area (Å²) >= 11 is 0. The highest BCUT2D eigenvalue weighted by molar-refractivity contribution is 6.09. The molecule has 0 saturated heterocycles. The van der Waals surface area contributed by atoms with Crippen molar-refractivity contribution < 1.29 is 19.2 Å². The largest absolute Gasteiger partial charge is 0.490 e. The second-order valence-corrected chi connectivity index (χ2v) is 4.59. The summed E-state index contributed by atoms with van der Waals surface area (Å²) in [7, 11) is 1.35. The molecule has 1 aromatic rings. The van der Waals surface area contributed by atoms with Gasteiger partial charge < -0.3 is 14.4 Å². The molecule has 1 N–H and O–H groups in total. The van der Waals surface area contributed by atoms with E-state index in [1.807, 2.05) is 0 Å². The number of carbonyl (C=O) groups is 1. The number of nitro benzene ring substituents is 1. The van der Waals surface area contributed by atoms with E-state index >= 15 is 0 Å². The molecule has 0 aliphatic carbocycles. The van der Waals surface area contributed by atoms with Crippen molar-refractivity contribution in [3.8, 4) is 11.5 Å². The number of nitro groups is 1. The van der Waals surface area contributed by atoms with Gasteiger partial charge in [-0.1, -0.05) is 0 Å². The van der Waals surface area contributed by atoms with Crippen LogP contribution >= 0.6 is 0 Å². The second-order valence-electron chi connectivity index (χ2n) is 4.59. The zero-order chi connectivity index (χ0) is 15.1. The van der Waals surface area contributed by atoms with E-state index in [1.165, 1.54) is 19.2 Å². The van der Waals surface area contributed by atoms with Gasteiger partial charge in [-0.2, -0.15) is 5.10 Å². The van der Waals surface area contributed by atoms with Crippen molar-refractivity contribution in [2.75, 3.05) is 18.6 Å². The summed E-state index contributed by atoms with van der Waals surface area (Å²) in [5, 5.41) is 15.0. The first-order valence-electron chi connectivity index (χ1n) is 6.17. The number of fused-ring (bicyclic) bond motifs is 3. The van der Waals surface area contributed by atoms with Crippen LogP contribution in [0.25, 0.3) is 0 Å². The zero-order valence-corrected chi connectivity index (χ0v) is 11.3. The fraction of sp³-hybridized carbons (Fsp3) is 0.333. The number of amidine groups is 1. The zero-order valence-electron chi connectivity index (χ0n) is 11.3. The van der Waals surface area contributed by atoms with Gasteiger partial charge in [0.05, 0.1) is 17.7 Å². The monoisotopic (exact) mass is 292 g/mol. The maximum atomic E-state index is 11.7. The Hall–Kier alpha value is -2.84. The second kappa shape index (κ2) is 4.62. The van der Waals surface area contributed by atoms with Crippen molar-refractivity contribution in [3.63, 3.8) is 0 Å². The number of methoxy groups -OCH3 is 1. The molecule has 0 radical (unpaired) electrons. The van der Waals surface area contributed by atoms with E-state index in [0.29, 0.717) is 17.3 Å². The number of hydrazone groups is 1. The summed E-state index contributed by atoms with van der Waals surface area (Å²) in [5.74, 6) is 0.727. The molecule has 110 valence electrons. The number of anilines is 1. The first-order valence-corrected chi connectivity index (χ1v) is 6.17. The van der Waals surface area contributed by atoms with E-state index in [1.54, 1.807) is 11.8 Å². The van der Waals surface area contributed by atoms with Crippen LogP contribution in [-0.4, -0.2) is 36.4 Å². The molecule has 1 atom stereocenters. The predicted molar refractivity (Wildman–Crippen MR) is 72.7 cm³/mol. The van der Waals surface area contributed by atoms with Gasteiger partial charge in [-0.3, -0.25) is 14.9 Å². The Morgan fingerprint density at radius 3 is 3.00 bits per heavy atom. The molecule has 2 aliphatic rings. The summed E-state index contributed by atoms with van der Waals surface area (Å²) in [6.45, 7) is 1.85. The maximum Gasteiger partial charge on any atom is 0.313 e. The van der Waals surface area contributed by atoms with E-state index < -0.39 is 11.0 Å². The van der Waals surface area contributed by atoms with Gasteiger partial charge in [0.1, 0.15) is 18.4 Å². The molecule has 1 aromatic carbocycles. The van der Waals surface area contributed by atoms with Crippen molar-refractivity contribution >= 4 is 23.1 Å². The molecule has 3 rings (SSSR count). The summed E-state index contributed by atoms with van der Waals surface area (Å²) in [5.41, 5.74) is 2.62. The number of hydrogen-bond donors (Lipinski definition) is 1. The highest BCUT2D eigenvalue weighted by atomic mass is 16.6. The Balaban J connectivity index is 2.17. The highest BCUT2D eigenvalue weighted by Gasteiger charge is 2.37. The molecule has 1 unspecified atom stereocenters. The van der Waals surface area contributed by atoms with Crippen LogP contribution in [0.5, 0.6) is 11.5 Å². The lowest BCUT2D eigenvalue weighted by atomic mass is 10.1. The van der Waals surface area contributed by atoms with Gasteiger partial charge in [-0.05, 0) is 6.92 Å². The lowest BCUT2D eigenvalue weighted by Gasteiger charge is -2.37. The molecule has 21 heavy (non-hydrogen) atoms. The standard InChI is InChI=1S/C12H12N4O5/c1-6-12(17)14-13-11-5-21-10-4-9(20-2)8(16(18)19)3-7(10)15(6)11/h3-4,6H,5H2,1-2H3,(H,14,17). The lowest BCUT2D eigenvalue weighted by molar-refractivity contribution is -0.385. The van der Waals surface area contributed by atoms with Crippen LogP contribution in [0.1, 0.15) is 6.92 Å². The minimum absolute atomic E-state index is 0.105. The third kappa shape index (κ3) is 1.93. The normalized spacial score (nSPS) is 19.7. The summed E-state index contributed by atoms with van der Waals surface area (Å²) < 4.78 is 10.5. The molecule has 0 fully saturated rings. The van der Waals surface area contributed by atoms with Crippen LogP contribution in [0.4, 0.5) is 11.4 Å². The van der Waals surface area contributed by atoms with Crippen LogP contribution in [0.3, 0.4) is 0 Å². The quantitative estimate of drug-likeness (QED) is 0.633. The van der Waals surface area contributed by atoms with Crippen molar-refractivity contribution in [3.05, 3.63) is 22.2 Å². The molecule has 0 aromatic heterocycles. The third-order valence-electron chi connectivity index (χ3n) is 3.41.